The van der Waals surface area contributed by atoms with E-state index in [4.69, 9.17) is 14.2 Å². The zero-order chi connectivity index (χ0) is 37.1. The van der Waals surface area contributed by atoms with Gasteiger partial charge in [-0.1, -0.05) is 35.5 Å². The molecule has 4 aliphatic carbocycles. The minimum absolute atomic E-state index is 0.00556. The first-order valence-electron chi connectivity index (χ1n) is 19.2. The number of fused-ring (bicyclic) bond motifs is 10. The summed E-state index contributed by atoms with van der Waals surface area (Å²) in [5, 5.41) is 22.2. The zero-order valence-electron chi connectivity index (χ0n) is 31.1. The van der Waals surface area contributed by atoms with Crippen LogP contribution in [0.5, 0.6) is 0 Å². The number of nitrogens with zero attached hydrogens (tertiary/aromatic N) is 2. The van der Waals surface area contributed by atoms with Crippen LogP contribution in [0.1, 0.15) is 106 Å². The maximum Gasteiger partial charge on any atom is 0.531 e. The SMILES string of the molecule is CC1(C)C2CC[C@]1(CS(=O)(=O)[N+]1(C(=O)O)CCC[C@@]1(C)O[C@]1(C)CCC[N+]1(C(=O)O)S(=O)(=O)C[C@]13CC[C@@H]([C@@H]4CCO[C@@H]41)C3(C)C)[C@H]1OCC[C@@H]21. The van der Waals surface area contributed by atoms with Crippen molar-refractivity contribution in [2.45, 2.75) is 129 Å². The molecule has 4 bridgehead atoms. The van der Waals surface area contributed by atoms with Crippen molar-refractivity contribution in [3.63, 3.8) is 0 Å². The van der Waals surface area contributed by atoms with Gasteiger partial charge in [0.05, 0.1) is 12.2 Å². The third-order valence-electron chi connectivity index (χ3n) is 17.3. The van der Waals surface area contributed by atoms with Crippen LogP contribution in [-0.4, -0.2) is 108 Å². The second-order valence-corrected chi connectivity index (χ2v) is 23.3. The van der Waals surface area contributed by atoms with Crippen molar-refractivity contribution in [3.8, 4) is 0 Å². The number of quaternary nitrogens is 2. The summed E-state index contributed by atoms with van der Waals surface area (Å²) in [4.78, 5) is 27.3. The van der Waals surface area contributed by atoms with Crippen LogP contribution in [0.25, 0.3) is 0 Å². The molecule has 15 heteroatoms. The lowest BCUT2D eigenvalue weighted by Crippen LogP contribution is -2.74. The molecule has 0 aromatic heterocycles. The maximum absolute atomic E-state index is 15.1. The molecule has 4 heterocycles. The van der Waals surface area contributed by atoms with E-state index in [2.05, 4.69) is 27.7 Å². The molecule has 3 unspecified atom stereocenters. The second kappa shape index (κ2) is 10.7. The lowest BCUT2D eigenvalue weighted by atomic mass is 9.69. The summed E-state index contributed by atoms with van der Waals surface area (Å²) in [7, 11) is -9.13. The van der Waals surface area contributed by atoms with Crippen molar-refractivity contribution in [1.82, 2.24) is 0 Å². The van der Waals surface area contributed by atoms with Gasteiger partial charge < -0.3 is 19.7 Å². The van der Waals surface area contributed by atoms with Gasteiger partial charge in [0.2, 0.25) is 11.4 Å². The molecule has 4 saturated heterocycles. The first-order chi connectivity index (χ1) is 23.6. The Hall–Kier alpha value is -1.36. The van der Waals surface area contributed by atoms with Crippen LogP contribution in [0.2, 0.25) is 0 Å². The molecule has 288 valence electrons. The van der Waals surface area contributed by atoms with Gasteiger partial charge in [-0.2, -0.15) is 26.4 Å². The summed E-state index contributed by atoms with van der Waals surface area (Å²) in [6, 6.07) is 0. The van der Waals surface area contributed by atoms with E-state index in [1.165, 1.54) is 13.8 Å². The second-order valence-electron chi connectivity index (χ2n) is 19.1. The summed E-state index contributed by atoms with van der Waals surface area (Å²) in [5.41, 5.74) is -6.29. The van der Waals surface area contributed by atoms with Gasteiger partial charge in [0, 0.05) is 63.6 Å². The van der Waals surface area contributed by atoms with E-state index < -0.39 is 84.6 Å². The van der Waals surface area contributed by atoms with Gasteiger partial charge in [-0.25, -0.2) is 0 Å². The van der Waals surface area contributed by atoms with E-state index in [-0.39, 0.29) is 74.7 Å². The van der Waals surface area contributed by atoms with E-state index in [1.807, 2.05) is 0 Å². The molecule has 13 nitrogen and oxygen atoms in total. The molecule has 0 aromatic rings. The van der Waals surface area contributed by atoms with Crippen LogP contribution < -0.4 is 0 Å². The third-order valence-corrected chi connectivity index (χ3v) is 22.4. The van der Waals surface area contributed by atoms with Crippen LogP contribution in [0.15, 0.2) is 0 Å². The van der Waals surface area contributed by atoms with Gasteiger partial charge in [0.15, 0.2) is 0 Å². The largest absolute Gasteiger partial charge is 0.531 e. The minimum atomic E-state index is -4.57. The Morgan fingerprint density at radius 3 is 1.37 bits per heavy atom. The summed E-state index contributed by atoms with van der Waals surface area (Å²) in [6.07, 6.45) is 1.30. The van der Waals surface area contributed by atoms with Gasteiger partial charge in [-0.3, -0.25) is 4.74 Å². The number of amides is 2. The quantitative estimate of drug-likeness (QED) is 0.306. The van der Waals surface area contributed by atoms with Gasteiger partial charge >= 0.3 is 32.2 Å². The smallest absolute Gasteiger partial charge is 0.434 e. The number of sulfonamides is 2. The van der Waals surface area contributed by atoms with E-state index in [0.717, 1.165) is 25.7 Å². The Balaban J connectivity index is 1.18. The number of carboxylic acid groups (broad SMARTS) is 2. The normalized spacial score (nSPS) is 50.5. The summed E-state index contributed by atoms with van der Waals surface area (Å²) < 4.78 is 76.8. The van der Waals surface area contributed by atoms with Gasteiger partial charge in [0.25, 0.3) is 0 Å². The highest BCUT2D eigenvalue weighted by molar-refractivity contribution is 7.86. The molecule has 8 aliphatic rings. The fraction of sp³-hybridized carbons (Fsp3) is 0.944. The lowest BCUT2D eigenvalue weighted by Gasteiger charge is -2.49. The van der Waals surface area contributed by atoms with E-state index in [1.54, 1.807) is 0 Å². The summed E-state index contributed by atoms with van der Waals surface area (Å²) in [5.74, 6) is 0.212. The van der Waals surface area contributed by atoms with Crippen molar-refractivity contribution < 1.29 is 58.6 Å². The van der Waals surface area contributed by atoms with Crippen molar-refractivity contribution in [3.05, 3.63) is 0 Å². The van der Waals surface area contributed by atoms with Gasteiger partial charge in [-0.05, 0) is 73.0 Å². The molecule has 2 N–H and O–H groups in total. The van der Waals surface area contributed by atoms with Crippen LogP contribution >= 0.6 is 0 Å². The van der Waals surface area contributed by atoms with Crippen LogP contribution in [0.4, 0.5) is 9.59 Å². The maximum atomic E-state index is 15.1. The fourth-order valence-corrected chi connectivity index (χ4v) is 20.5. The Labute approximate surface area is 302 Å². The van der Waals surface area contributed by atoms with Crippen molar-refractivity contribution in [1.29, 1.82) is 0 Å². The van der Waals surface area contributed by atoms with Crippen molar-refractivity contribution >= 4 is 32.2 Å². The molecule has 2 amide bonds. The first-order valence-corrected chi connectivity index (χ1v) is 22.4. The molecule has 4 saturated carbocycles. The van der Waals surface area contributed by atoms with Crippen LogP contribution in [0, 0.1) is 45.3 Å². The summed E-state index contributed by atoms with van der Waals surface area (Å²) in [6.45, 7) is 11.8. The monoisotopic (exact) mass is 758 g/mol. The molecule has 0 spiro atoms. The predicted molar refractivity (Wildman–Crippen MR) is 184 cm³/mol. The molecule has 8 rings (SSSR count). The Bertz CT molecular complexity index is 1640. The molecule has 12 atom stereocenters. The molecule has 51 heavy (non-hydrogen) atoms. The van der Waals surface area contributed by atoms with Crippen LogP contribution in [-0.2, 0) is 34.3 Å². The highest BCUT2D eigenvalue weighted by Crippen LogP contribution is 2.73. The minimum Gasteiger partial charge on any atom is -0.434 e. The number of carbonyl (C=O) groups is 2. The van der Waals surface area contributed by atoms with Gasteiger partial charge in [0.1, 0.15) is 24.6 Å². The lowest BCUT2D eigenvalue weighted by molar-refractivity contribution is -0.866. The van der Waals surface area contributed by atoms with Crippen molar-refractivity contribution in [2.75, 3.05) is 37.8 Å². The number of likely N-dealkylation sites (tertiary alicyclic amines) is 2. The number of rotatable bonds is 8. The van der Waals surface area contributed by atoms with E-state index in [0.29, 0.717) is 26.1 Å². The third kappa shape index (κ3) is 4.00. The van der Waals surface area contributed by atoms with E-state index >= 15 is 16.8 Å². The number of ether oxygens (including phenoxy) is 3. The highest BCUT2D eigenvalue weighted by Gasteiger charge is 2.79. The fourth-order valence-electron chi connectivity index (χ4n) is 14.7. The Morgan fingerprint density at radius 2 is 1.02 bits per heavy atom. The molecule has 8 fully saturated rings. The molecular formula is C36H58N2O11S2+2. The number of hydrogen-bond donors (Lipinski definition) is 2. The highest BCUT2D eigenvalue weighted by atomic mass is 32.2. The predicted octanol–water partition coefficient (Wildman–Crippen LogP) is 5.35. The summed E-state index contributed by atoms with van der Waals surface area (Å²) >= 11 is 0. The average molecular weight is 759 g/mol. The van der Waals surface area contributed by atoms with Gasteiger partial charge in [-0.15, -0.1) is 0 Å². The van der Waals surface area contributed by atoms with E-state index in [9.17, 15) is 19.8 Å². The molecule has 0 aromatic carbocycles. The molecular weight excluding hydrogens is 701 g/mol. The Morgan fingerprint density at radius 1 is 0.647 bits per heavy atom. The first kappa shape index (κ1) is 36.6. The van der Waals surface area contributed by atoms with Crippen LogP contribution in [0.3, 0.4) is 0 Å². The zero-order valence-corrected chi connectivity index (χ0v) is 32.7. The van der Waals surface area contributed by atoms with Crippen molar-refractivity contribution in [2.24, 2.45) is 45.3 Å². The molecule has 0 radical (unpaired) electrons. The average Bonchev–Trinajstić information content (AvgIpc) is 3.86. The number of hydrogen-bond acceptors (Lipinski definition) is 9. The Kier molecular flexibility index (Phi) is 7.67. The standard InChI is InChI=1S/C36H56N2O11S2/c1-31(2)25-9-15-35(31,27-23(25)11-19-47-27)21-50(43,44)37(29(39)40)17-7-13-33(37,5)49-34(6)14-8-18-38(34,30(41)42)51(45,46)22-36-16-10-26(32(36,3)4)24-12-20-48-28(24)36/h23-28H,7-22H2,1-6H3/p+2/t23-,24-,25-,26?,27-,28-,33+,34+,35+,36-,37?,38?/m0/s1. The molecule has 4 aliphatic heterocycles. The topological polar surface area (TPSA) is 171 Å².